The van der Waals surface area contributed by atoms with E-state index >= 15 is 0 Å². The molecule has 0 spiro atoms. The zero-order valence-corrected chi connectivity index (χ0v) is 21.1. The number of halogens is 2. The second-order valence-electron chi connectivity index (χ2n) is 8.95. The third-order valence-electron chi connectivity index (χ3n) is 6.55. The summed E-state index contributed by atoms with van der Waals surface area (Å²) in [4.78, 5) is 2.45. The SMILES string of the molecule is CN1CCC(c2cn(Cc3ccc(F)cc3)c3ccc(OS(=O)(=O)c4ccccc4)cc23)CC1.Cl. The summed E-state index contributed by atoms with van der Waals surface area (Å²) in [7, 11) is -1.79. The van der Waals surface area contributed by atoms with Gasteiger partial charge in [0.25, 0.3) is 0 Å². The van der Waals surface area contributed by atoms with E-state index in [1.807, 2.05) is 12.1 Å². The Morgan fingerprint density at radius 1 is 0.971 bits per heavy atom. The Morgan fingerprint density at radius 2 is 1.66 bits per heavy atom. The van der Waals surface area contributed by atoms with Crippen LogP contribution < -0.4 is 4.18 Å². The minimum absolute atomic E-state index is 0. The topological polar surface area (TPSA) is 51.5 Å². The van der Waals surface area contributed by atoms with Crippen LogP contribution in [0.3, 0.4) is 0 Å². The predicted molar refractivity (Wildman–Crippen MR) is 138 cm³/mol. The van der Waals surface area contributed by atoms with Crippen LogP contribution in [-0.2, 0) is 16.7 Å². The normalized spacial score (nSPS) is 15.1. The first kappa shape index (κ1) is 25.2. The van der Waals surface area contributed by atoms with Gasteiger partial charge >= 0.3 is 10.1 Å². The lowest BCUT2D eigenvalue weighted by atomic mass is 9.89. The first-order chi connectivity index (χ1) is 16.4. The van der Waals surface area contributed by atoms with E-state index < -0.39 is 10.1 Å². The summed E-state index contributed by atoms with van der Waals surface area (Å²) in [6.07, 6.45) is 4.25. The molecule has 1 aliphatic rings. The smallest absolute Gasteiger partial charge is 0.339 e. The second kappa shape index (κ2) is 10.4. The predicted octanol–water partition coefficient (Wildman–Crippen LogP) is 5.83. The number of rotatable bonds is 6. The molecule has 0 bridgehead atoms. The van der Waals surface area contributed by atoms with Gasteiger partial charge in [-0.05, 0) is 92.5 Å². The van der Waals surface area contributed by atoms with Crippen molar-refractivity contribution in [1.82, 2.24) is 9.47 Å². The van der Waals surface area contributed by atoms with Crippen LogP contribution in [0.25, 0.3) is 10.9 Å². The maximum Gasteiger partial charge on any atom is 0.339 e. The summed E-state index contributed by atoms with van der Waals surface area (Å²) in [5.74, 6) is 0.425. The minimum Gasteiger partial charge on any atom is -0.379 e. The van der Waals surface area contributed by atoms with Crippen molar-refractivity contribution < 1.29 is 17.0 Å². The minimum atomic E-state index is -3.92. The monoisotopic (exact) mass is 514 g/mol. The molecule has 5 nitrogen and oxygen atoms in total. The molecule has 8 heteroatoms. The lowest BCUT2D eigenvalue weighted by Gasteiger charge is -2.28. The Kier molecular flexibility index (Phi) is 7.50. The van der Waals surface area contributed by atoms with Crippen molar-refractivity contribution in [2.24, 2.45) is 0 Å². The van der Waals surface area contributed by atoms with Gasteiger partial charge in [-0.15, -0.1) is 12.4 Å². The lowest BCUT2D eigenvalue weighted by molar-refractivity contribution is 0.256. The van der Waals surface area contributed by atoms with Gasteiger partial charge in [0.15, 0.2) is 0 Å². The average molecular weight is 515 g/mol. The Morgan fingerprint density at radius 3 is 2.34 bits per heavy atom. The van der Waals surface area contributed by atoms with Crippen molar-refractivity contribution in [2.45, 2.75) is 30.2 Å². The zero-order valence-electron chi connectivity index (χ0n) is 19.4. The first-order valence-electron chi connectivity index (χ1n) is 11.4. The van der Waals surface area contributed by atoms with E-state index in [0.717, 1.165) is 42.4 Å². The molecule has 5 rings (SSSR count). The summed E-state index contributed by atoms with van der Waals surface area (Å²) in [5.41, 5.74) is 3.20. The quantitative estimate of drug-likeness (QED) is 0.304. The first-order valence-corrected chi connectivity index (χ1v) is 12.9. The fraction of sp³-hybridized carbons (Fsp3) is 0.259. The van der Waals surface area contributed by atoms with Gasteiger partial charge in [0, 0.05) is 23.6 Å². The highest BCUT2D eigenvalue weighted by Crippen LogP contribution is 2.36. The van der Waals surface area contributed by atoms with Gasteiger partial charge in [-0.3, -0.25) is 0 Å². The molecule has 0 N–H and O–H groups in total. The standard InChI is InChI=1S/C27H27FN2O3S.ClH/c1-29-15-13-21(14-16-29)26-19-30(18-20-7-9-22(28)10-8-20)27-12-11-23(17-25(26)27)33-34(31,32)24-5-3-2-4-6-24;/h2-12,17,19,21H,13-16,18H2,1H3;1H. The van der Waals surface area contributed by atoms with Crippen LogP contribution in [-0.4, -0.2) is 38.0 Å². The molecule has 4 aromatic rings. The second-order valence-corrected chi connectivity index (χ2v) is 10.5. The number of nitrogens with zero attached hydrogens (tertiary/aromatic N) is 2. The molecule has 0 amide bonds. The number of hydrogen-bond acceptors (Lipinski definition) is 4. The Bertz CT molecular complexity index is 1400. The average Bonchev–Trinajstić information content (AvgIpc) is 3.19. The number of aromatic nitrogens is 1. The highest BCUT2D eigenvalue weighted by Gasteiger charge is 2.24. The molecular weight excluding hydrogens is 487 g/mol. The lowest BCUT2D eigenvalue weighted by Crippen LogP contribution is -2.29. The molecule has 0 saturated carbocycles. The van der Waals surface area contributed by atoms with Gasteiger partial charge in [0.2, 0.25) is 0 Å². The summed E-state index contributed by atoms with van der Waals surface area (Å²) < 4.78 is 46.6. The van der Waals surface area contributed by atoms with E-state index in [9.17, 15) is 12.8 Å². The van der Waals surface area contributed by atoms with Crippen LogP contribution in [0.2, 0.25) is 0 Å². The van der Waals surface area contributed by atoms with E-state index in [1.165, 1.54) is 29.8 Å². The highest BCUT2D eigenvalue weighted by atomic mass is 35.5. The van der Waals surface area contributed by atoms with Crippen LogP contribution in [0.1, 0.15) is 29.9 Å². The summed E-state index contributed by atoms with van der Waals surface area (Å²) >= 11 is 0. The van der Waals surface area contributed by atoms with Gasteiger partial charge in [-0.2, -0.15) is 8.42 Å². The molecule has 0 unspecified atom stereocenters. The Hall–Kier alpha value is -2.87. The van der Waals surface area contributed by atoms with Gasteiger partial charge in [0.1, 0.15) is 16.5 Å². The van der Waals surface area contributed by atoms with E-state index in [0.29, 0.717) is 18.2 Å². The van der Waals surface area contributed by atoms with Crippen molar-refractivity contribution >= 4 is 33.4 Å². The van der Waals surface area contributed by atoms with E-state index in [4.69, 9.17) is 4.18 Å². The van der Waals surface area contributed by atoms with Crippen molar-refractivity contribution in [3.63, 3.8) is 0 Å². The molecular formula is C27H28ClFN2O3S. The maximum absolute atomic E-state index is 13.4. The van der Waals surface area contributed by atoms with Crippen LogP contribution >= 0.6 is 12.4 Å². The van der Waals surface area contributed by atoms with E-state index in [2.05, 4.69) is 22.7 Å². The molecule has 1 fully saturated rings. The fourth-order valence-electron chi connectivity index (χ4n) is 4.68. The number of fused-ring (bicyclic) bond motifs is 1. The third kappa shape index (κ3) is 5.53. The largest absolute Gasteiger partial charge is 0.379 e. The van der Waals surface area contributed by atoms with Crippen LogP contribution in [0.5, 0.6) is 5.75 Å². The molecule has 0 atom stereocenters. The third-order valence-corrected chi connectivity index (χ3v) is 7.81. The zero-order chi connectivity index (χ0) is 23.7. The summed E-state index contributed by atoms with van der Waals surface area (Å²) in [6.45, 7) is 2.65. The number of likely N-dealkylation sites (tertiary alicyclic amines) is 1. The van der Waals surface area contributed by atoms with Crippen LogP contribution in [0.4, 0.5) is 4.39 Å². The summed E-state index contributed by atoms with van der Waals surface area (Å²) in [5, 5.41) is 0.998. The molecule has 184 valence electrons. The molecule has 3 aromatic carbocycles. The molecule has 0 radical (unpaired) electrons. The summed E-state index contributed by atoms with van der Waals surface area (Å²) in [6, 6.07) is 20.1. The van der Waals surface area contributed by atoms with Crippen LogP contribution in [0, 0.1) is 5.82 Å². The molecule has 1 saturated heterocycles. The molecule has 1 aromatic heterocycles. The van der Waals surface area contributed by atoms with Crippen molar-refractivity contribution in [3.05, 3.63) is 95.9 Å². The van der Waals surface area contributed by atoms with Gasteiger partial charge < -0.3 is 13.7 Å². The molecule has 2 heterocycles. The Labute approximate surface area is 211 Å². The highest BCUT2D eigenvalue weighted by molar-refractivity contribution is 7.87. The van der Waals surface area contributed by atoms with Gasteiger partial charge in [0.05, 0.1) is 0 Å². The van der Waals surface area contributed by atoms with Crippen molar-refractivity contribution in [2.75, 3.05) is 20.1 Å². The molecule has 1 aliphatic heterocycles. The number of benzene rings is 3. The number of hydrogen-bond donors (Lipinski definition) is 0. The van der Waals surface area contributed by atoms with E-state index in [-0.39, 0.29) is 23.1 Å². The molecule has 35 heavy (non-hydrogen) atoms. The van der Waals surface area contributed by atoms with Crippen LogP contribution in [0.15, 0.2) is 83.9 Å². The van der Waals surface area contributed by atoms with Crippen molar-refractivity contribution in [1.29, 1.82) is 0 Å². The van der Waals surface area contributed by atoms with E-state index in [1.54, 1.807) is 36.4 Å². The maximum atomic E-state index is 13.4. The van der Waals surface area contributed by atoms with Crippen molar-refractivity contribution in [3.8, 4) is 5.75 Å². The number of piperidine rings is 1. The Balaban J connectivity index is 0.00000289. The molecule has 0 aliphatic carbocycles. The fourth-order valence-corrected chi connectivity index (χ4v) is 5.62. The van der Waals surface area contributed by atoms with Gasteiger partial charge in [-0.1, -0.05) is 30.3 Å². The van der Waals surface area contributed by atoms with Gasteiger partial charge in [-0.25, -0.2) is 4.39 Å².